The minimum Gasteiger partial charge on any atom is -0.462 e. The van der Waals surface area contributed by atoms with Gasteiger partial charge in [0.05, 0.1) is 17.7 Å². The molecule has 2 fully saturated rings. The Hall–Kier alpha value is -2.82. The molecular weight excluding hydrogens is 418 g/mol. The number of hydrogen-bond donors (Lipinski definition) is 1. The first-order valence-corrected chi connectivity index (χ1v) is 11.6. The topological polar surface area (TPSA) is 125 Å². The highest BCUT2D eigenvalue weighted by atomic mass is 32.2. The third kappa shape index (κ3) is 3.71. The average molecular weight is 444 g/mol. The molecule has 0 radical (unpaired) electrons. The Bertz CT molecular complexity index is 1130. The Labute approximate surface area is 183 Å². The molecule has 11 heteroatoms. The van der Waals surface area contributed by atoms with Crippen molar-refractivity contribution in [3.8, 4) is 0 Å². The third-order valence-electron chi connectivity index (χ3n) is 5.56. The lowest BCUT2D eigenvalue weighted by Gasteiger charge is -2.17. The lowest BCUT2D eigenvalue weighted by molar-refractivity contribution is 0.0526. The Morgan fingerprint density at radius 2 is 2.03 bits per heavy atom. The van der Waals surface area contributed by atoms with Gasteiger partial charge in [-0.05, 0) is 39.5 Å². The van der Waals surface area contributed by atoms with Crippen molar-refractivity contribution in [1.29, 1.82) is 0 Å². The van der Waals surface area contributed by atoms with Gasteiger partial charge >= 0.3 is 5.97 Å². The molecule has 164 valence electrons. The minimum atomic E-state index is -0.483. The quantitative estimate of drug-likeness (QED) is 0.430. The maximum absolute atomic E-state index is 12.3. The van der Waals surface area contributed by atoms with E-state index in [1.165, 1.54) is 24.6 Å². The molecule has 2 N–H and O–H groups in total. The zero-order valence-corrected chi connectivity index (χ0v) is 18.4. The van der Waals surface area contributed by atoms with Gasteiger partial charge in [0.2, 0.25) is 11.7 Å². The SMILES string of the molecule is CCOC(=O)c1c(C)oc2nc(CSc3nnc(N4CCCC4)n3C3CC3)nc(N)c12. The number of esters is 1. The predicted molar refractivity (Wildman–Crippen MR) is 116 cm³/mol. The van der Waals surface area contributed by atoms with E-state index >= 15 is 0 Å². The molecule has 0 bridgehead atoms. The summed E-state index contributed by atoms with van der Waals surface area (Å²) in [6, 6.07) is 0.474. The maximum Gasteiger partial charge on any atom is 0.342 e. The van der Waals surface area contributed by atoms with E-state index in [2.05, 4.69) is 29.6 Å². The van der Waals surface area contributed by atoms with Gasteiger partial charge < -0.3 is 19.8 Å². The number of nitrogens with two attached hydrogens (primary N) is 1. The van der Waals surface area contributed by atoms with Crippen molar-refractivity contribution in [2.75, 3.05) is 30.3 Å². The summed E-state index contributed by atoms with van der Waals surface area (Å²) in [6.07, 6.45) is 4.71. The lowest BCUT2D eigenvalue weighted by Crippen LogP contribution is -2.22. The molecule has 1 aliphatic carbocycles. The number of nitrogens with zero attached hydrogens (tertiary/aromatic N) is 6. The van der Waals surface area contributed by atoms with Gasteiger partial charge in [-0.15, -0.1) is 10.2 Å². The van der Waals surface area contributed by atoms with Gasteiger partial charge in [0.1, 0.15) is 23.0 Å². The van der Waals surface area contributed by atoms with Gasteiger partial charge in [0.15, 0.2) is 5.16 Å². The Balaban J connectivity index is 1.40. The van der Waals surface area contributed by atoms with Crippen molar-refractivity contribution in [1.82, 2.24) is 24.7 Å². The van der Waals surface area contributed by atoms with Crippen LogP contribution in [-0.2, 0) is 10.5 Å². The molecule has 0 atom stereocenters. The lowest BCUT2D eigenvalue weighted by atomic mass is 10.2. The van der Waals surface area contributed by atoms with E-state index in [9.17, 15) is 4.79 Å². The smallest absolute Gasteiger partial charge is 0.342 e. The number of anilines is 2. The van der Waals surface area contributed by atoms with Crippen molar-refractivity contribution < 1.29 is 13.9 Å². The molecule has 0 unspecified atom stereocenters. The number of carbonyl (C=O) groups is 1. The average Bonchev–Trinajstić information content (AvgIpc) is 3.14. The number of ether oxygens (including phenoxy) is 1. The molecule has 0 amide bonds. The van der Waals surface area contributed by atoms with Crippen molar-refractivity contribution in [2.45, 2.75) is 56.5 Å². The fourth-order valence-corrected chi connectivity index (χ4v) is 4.83. The largest absolute Gasteiger partial charge is 0.462 e. The van der Waals surface area contributed by atoms with Gasteiger partial charge in [0, 0.05) is 19.1 Å². The van der Waals surface area contributed by atoms with E-state index in [0.29, 0.717) is 34.5 Å². The highest BCUT2D eigenvalue weighted by molar-refractivity contribution is 7.98. The Morgan fingerprint density at radius 1 is 1.26 bits per heavy atom. The summed E-state index contributed by atoms with van der Waals surface area (Å²) in [4.78, 5) is 23.5. The number of rotatable bonds is 7. The monoisotopic (exact) mass is 443 g/mol. The minimum absolute atomic E-state index is 0.210. The van der Waals surface area contributed by atoms with E-state index in [4.69, 9.17) is 14.9 Å². The first-order valence-electron chi connectivity index (χ1n) is 10.6. The van der Waals surface area contributed by atoms with Crippen molar-refractivity contribution in [2.24, 2.45) is 0 Å². The standard InChI is InChI=1S/C20H25N7O3S/c1-3-29-18(28)14-11(2)30-17-15(14)16(21)22-13(23-17)10-31-20-25-24-19(26-8-4-5-9-26)27(20)12-6-7-12/h12H,3-10H2,1-2H3,(H2,21,22,23). The summed E-state index contributed by atoms with van der Waals surface area (Å²) in [5, 5.41) is 10.2. The van der Waals surface area contributed by atoms with Crippen LogP contribution < -0.4 is 10.6 Å². The Kier molecular flexibility index (Phi) is 5.20. The second-order valence-corrected chi connectivity index (χ2v) is 8.77. The highest BCUT2D eigenvalue weighted by Gasteiger charge is 2.32. The summed E-state index contributed by atoms with van der Waals surface area (Å²) < 4.78 is 13.1. The van der Waals surface area contributed by atoms with Crippen LogP contribution in [-0.4, -0.2) is 50.4 Å². The summed E-state index contributed by atoms with van der Waals surface area (Å²) >= 11 is 1.54. The van der Waals surface area contributed by atoms with Crippen LogP contribution in [0.1, 0.15) is 60.6 Å². The van der Waals surface area contributed by atoms with Crippen LogP contribution in [0.2, 0.25) is 0 Å². The molecule has 10 nitrogen and oxygen atoms in total. The molecule has 0 spiro atoms. The number of aryl methyl sites for hydroxylation is 1. The molecular formula is C20H25N7O3S. The summed E-state index contributed by atoms with van der Waals surface area (Å²) in [5.74, 6) is 2.11. The number of aromatic nitrogens is 5. The number of carbonyl (C=O) groups excluding carboxylic acids is 1. The molecule has 2 aliphatic rings. The van der Waals surface area contributed by atoms with Crippen LogP contribution in [0.3, 0.4) is 0 Å². The number of furan rings is 1. The number of nitrogen functional groups attached to an aromatic ring is 1. The van der Waals surface area contributed by atoms with Crippen LogP contribution >= 0.6 is 11.8 Å². The Morgan fingerprint density at radius 3 is 2.74 bits per heavy atom. The zero-order chi connectivity index (χ0) is 21.5. The van der Waals surface area contributed by atoms with Crippen molar-refractivity contribution >= 4 is 40.6 Å². The molecule has 1 aliphatic heterocycles. The van der Waals surface area contributed by atoms with Crippen LogP contribution in [0.15, 0.2) is 9.57 Å². The number of hydrogen-bond acceptors (Lipinski definition) is 10. The van der Waals surface area contributed by atoms with Crippen LogP contribution in [0.5, 0.6) is 0 Å². The second-order valence-electron chi connectivity index (χ2n) is 7.83. The summed E-state index contributed by atoms with van der Waals surface area (Å²) in [5.41, 5.74) is 6.77. The van der Waals surface area contributed by atoms with E-state index < -0.39 is 5.97 Å². The maximum atomic E-state index is 12.3. The molecule has 3 aromatic rings. The fraction of sp³-hybridized carbons (Fsp3) is 0.550. The molecule has 31 heavy (non-hydrogen) atoms. The first kappa shape index (κ1) is 20.1. The first-order chi connectivity index (χ1) is 15.1. The predicted octanol–water partition coefficient (Wildman–Crippen LogP) is 3.11. The van der Waals surface area contributed by atoms with E-state index in [1.54, 1.807) is 13.8 Å². The van der Waals surface area contributed by atoms with Gasteiger partial charge in [-0.2, -0.15) is 4.98 Å². The molecule has 0 aromatic carbocycles. The molecule has 1 saturated carbocycles. The fourth-order valence-electron chi connectivity index (χ4n) is 3.98. The number of fused-ring (bicyclic) bond motifs is 1. The van der Waals surface area contributed by atoms with Gasteiger partial charge in [-0.25, -0.2) is 9.78 Å². The van der Waals surface area contributed by atoms with E-state index in [0.717, 1.165) is 37.0 Å². The summed E-state index contributed by atoms with van der Waals surface area (Å²) in [7, 11) is 0. The highest BCUT2D eigenvalue weighted by Crippen LogP contribution is 2.42. The third-order valence-corrected chi connectivity index (χ3v) is 6.50. The van der Waals surface area contributed by atoms with Crippen molar-refractivity contribution in [3.63, 3.8) is 0 Å². The van der Waals surface area contributed by atoms with Gasteiger partial charge in [-0.1, -0.05) is 11.8 Å². The van der Waals surface area contributed by atoms with Crippen LogP contribution in [0.4, 0.5) is 11.8 Å². The summed E-state index contributed by atoms with van der Waals surface area (Å²) in [6.45, 7) is 5.78. The molecule has 1 saturated heterocycles. The molecule has 4 heterocycles. The van der Waals surface area contributed by atoms with Gasteiger partial charge in [0.25, 0.3) is 0 Å². The van der Waals surface area contributed by atoms with Crippen LogP contribution in [0, 0.1) is 6.92 Å². The normalized spacial score (nSPS) is 16.4. The van der Waals surface area contributed by atoms with E-state index in [1.807, 2.05) is 0 Å². The van der Waals surface area contributed by atoms with Gasteiger partial charge in [-0.3, -0.25) is 4.57 Å². The zero-order valence-electron chi connectivity index (χ0n) is 17.6. The second kappa shape index (κ2) is 8.03. The molecule has 5 rings (SSSR count). The number of thioether (sulfide) groups is 1. The van der Waals surface area contributed by atoms with E-state index in [-0.39, 0.29) is 18.0 Å². The molecule has 3 aromatic heterocycles. The van der Waals surface area contributed by atoms with Crippen LogP contribution in [0.25, 0.3) is 11.1 Å². The van der Waals surface area contributed by atoms with Crippen molar-refractivity contribution in [3.05, 3.63) is 17.1 Å².